The average Bonchev–Trinajstić information content (AvgIpc) is 3.39. The lowest BCUT2D eigenvalue weighted by Gasteiger charge is -2.59. The van der Waals surface area contributed by atoms with E-state index in [1.165, 1.54) is 11.3 Å². The predicted molar refractivity (Wildman–Crippen MR) is 142 cm³/mol. The molecule has 0 radical (unpaired) electrons. The van der Waals surface area contributed by atoms with Gasteiger partial charge in [0.15, 0.2) is 11.4 Å². The minimum Gasteiger partial charge on any atom is -0.454 e. The van der Waals surface area contributed by atoms with Crippen LogP contribution in [0.1, 0.15) is 53.0 Å². The maximum absolute atomic E-state index is 6.27. The minimum atomic E-state index is -0.138. The molecular formula is C30H33N3O. The molecule has 0 saturated carbocycles. The molecule has 2 aliphatic heterocycles. The molecular weight excluding hydrogens is 418 g/mol. The van der Waals surface area contributed by atoms with E-state index in [1.54, 1.807) is 0 Å². The van der Waals surface area contributed by atoms with Gasteiger partial charge in [-0.1, -0.05) is 57.2 Å². The van der Waals surface area contributed by atoms with Gasteiger partial charge in [0.05, 0.1) is 5.69 Å². The van der Waals surface area contributed by atoms with E-state index >= 15 is 0 Å². The number of nitrogens with zero attached hydrogens (tertiary/aromatic N) is 3. The van der Waals surface area contributed by atoms with Crippen LogP contribution in [0.2, 0.25) is 0 Å². The van der Waals surface area contributed by atoms with E-state index in [1.807, 2.05) is 12.1 Å². The van der Waals surface area contributed by atoms with E-state index in [-0.39, 0.29) is 17.0 Å². The summed E-state index contributed by atoms with van der Waals surface area (Å²) in [6.07, 6.45) is 4.38. The second-order valence-corrected chi connectivity index (χ2v) is 10.3. The molecule has 4 aromatic rings. The number of anilines is 3. The van der Waals surface area contributed by atoms with Gasteiger partial charge in [0, 0.05) is 34.0 Å². The molecule has 0 bridgehead atoms. The van der Waals surface area contributed by atoms with Gasteiger partial charge in [0.1, 0.15) is 17.3 Å². The molecule has 0 saturated heterocycles. The topological polar surface area (TPSA) is 32.5 Å². The van der Waals surface area contributed by atoms with Crippen LogP contribution in [-0.4, -0.2) is 17.2 Å². The van der Waals surface area contributed by atoms with Crippen molar-refractivity contribution in [2.75, 3.05) is 9.80 Å². The highest BCUT2D eigenvalue weighted by Gasteiger charge is 2.61. The molecule has 0 amide bonds. The lowest BCUT2D eigenvalue weighted by atomic mass is 9.54. The second kappa shape index (κ2) is 7.11. The van der Waals surface area contributed by atoms with Crippen molar-refractivity contribution in [3.8, 4) is 0 Å². The van der Waals surface area contributed by atoms with E-state index in [0.717, 1.165) is 46.4 Å². The molecule has 4 heteroatoms. The van der Waals surface area contributed by atoms with Crippen LogP contribution in [0.25, 0.3) is 22.1 Å². The van der Waals surface area contributed by atoms with Crippen LogP contribution >= 0.6 is 0 Å². The zero-order chi connectivity index (χ0) is 23.8. The normalized spacial score (nSPS) is 25.6. The standard InChI is InChI=1S/C30H33N3O/c1-7-29(6)28-32(19(4)5)23-18-25-26(20-14-10-13-17-24(20)34-25)31-27(23)33(28)22-16-12-11-15-21(22)30(29,8-2)9-3/h8,10-19,28H,2,7,9H2,1,3-6H3. The smallest absolute Gasteiger partial charge is 0.159 e. The number of furan rings is 1. The SMILES string of the molecule is C=CC1(CC)c2ccccc2N2c3nc4c(cc3N(C(C)C)C2C1(C)CC)oc1ccccc14. The number of rotatable bonds is 4. The van der Waals surface area contributed by atoms with Crippen molar-refractivity contribution < 1.29 is 4.42 Å². The first kappa shape index (κ1) is 21.3. The summed E-state index contributed by atoms with van der Waals surface area (Å²) in [5.41, 5.74) is 6.19. The van der Waals surface area contributed by atoms with Gasteiger partial charge in [0.25, 0.3) is 0 Å². The number of hydrogen-bond donors (Lipinski definition) is 0. The Balaban J connectivity index is 1.73. The van der Waals surface area contributed by atoms with Crippen molar-refractivity contribution in [3.05, 3.63) is 72.8 Å². The number of aromatic nitrogens is 1. The van der Waals surface area contributed by atoms with E-state index < -0.39 is 0 Å². The first-order valence-corrected chi connectivity index (χ1v) is 12.5. The molecule has 4 nitrogen and oxygen atoms in total. The zero-order valence-electron chi connectivity index (χ0n) is 20.8. The molecule has 6 rings (SSSR count). The van der Waals surface area contributed by atoms with E-state index in [9.17, 15) is 0 Å². The van der Waals surface area contributed by atoms with Crippen LogP contribution in [0.5, 0.6) is 0 Å². The van der Waals surface area contributed by atoms with Crippen molar-refractivity contribution in [2.45, 2.75) is 65.1 Å². The van der Waals surface area contributed by atoms with Gasteiger partial charge in [0.2, 0.25) is 0 Å². The number of hydrogen-bond acceptors (Lipinski definition) is 4. The fourth-order valence-electron chi connectivity index (χ4n) is 6.93. The van der Waals surface area contributed by atoms with Crippen molar-refractivity contribution in [1.82, 2.24) is 4.98 Å². The Bertz CT molecular complexity index is 1440. The van der Waals surface area contributed by atoms with Gasteiger partial charge < -0.3 is 14.2 Å². The number of allylic oxidation sites excluding steroid dienone is 1. The summed E-state index contributed by atoms with van der Waals surface area (Å²) < 4.78 is 6.27. The summed E-state index contributed by atoms with van der Waals surface area (Å²) in [5, 5.41) is 1.07. The summed E-state index contributed by atoms with van der Waals surface area (Å²) >= 11 is 0. The van der Waals surface area contributed by atoms with E-state index in [4.69, 9.17) is 9.40 Å². The predicted octanol–water partition coefficient (Wildman–Crippen LogP) is 7.94. The van der Waals surface area contributed by atoms with Gasteiger partial charge >= 0.3 is 0 Å². The fraction of sp³-hybridized carbons (Fsp3) is 0.367. The van der Waals surface area contributed by atoms with Gasteiger partial charge in [-0.3, -0.25) is 0 Å². The van der Waals surface area contributed by atoms with Crippen LogP contribution < -0.4 is 9.80 Å². The summed E-state index contributed by atoms with van der Waals surface area (Å²) in [5.74, 6) is 1.03. The summed E-state index contributed by atoms with van der Waals surface area (Å²) in [6.45, 7) is 16.1. The van der Waals surface area contributed by atoms with Crippen LogP contribution in [0, 0.1) is 5.41 Å². The summed E-state index contributed by atoms with van der Waals surface area (Å²) in [4.78, 5) is 10.4. The molecule has 3 unspecified atom stereocenters. The quantitative estimate of drug-likeness (QED) is 0.295. The molecule has 0 N–H and O–H groups in total. The van der Waals surface area contributed by atoms with Gasteiger partial charge in [-0.2, -0.15) is 0 Å². The molecule has 2 aliphatic rings. The largest absolute Gasteiger partial charge is 0.454 e. The fourth-order valence-corrected chi connectivity index (χ4v) is 6.93. The molecule has 3 atom stereocenters. The van der Waals surface area contributed by atoms with Crippen LogP contribution in [0.4, 0.5) is 17.2 Å². The highest BCUT2D eigenvalue weighted by Crippen LogP contribution is 2.63. The number of benzene rings is 2. The van der Waals surface area contributed by atoms with Gasteiger partial charge in [-0.05, 0) is 50.5 Å². The molecule has 0 aliphatic carbocycles. The molecule has 0 spiro atoms. The lowest BCUT2D eigenvalue weighted by Crippen LogP contribution is -2.64. The maximum Gasteiger partial charge on any atom is 0.159 e. The van der Waals surface area contributed by atoms with Crippen molar-refractivity contribution in [2.24, 2.45) is 5.41 Å². The van der Waals surface area contributed by atoms with Crippen molar-refractivity contribution >= 4 is 39.3 Å². The molecule has 0 fully saturated rings. The van der Waals surface area contributed by atoms with Crippen molar-refractivity contribution in [3.63, 3.8) is 0 Å². The molecule has 4 heterocycles. The summed E-state index contributed by atoms with van der Waals surface area (Å²) in [7, 11) is 0. The Morgan fingerprint density at radius 2 is 1.76 bits per heavy atom. The molecule has 2 aromatic heterocycles. The third-order valence-corrected chi connectivity index (χ3v) is 8.75. The molecule has 174 valence electrons. The first-order valence-electron chi connectivity index (χ1n) is 12.5. The third kappa shape index (κ3) is 2.36. The van der Waals surface area contributed by atoms with Crippen LogP contribution in [0.15, 0.2) is 71.7 Å². The maximum atomic E-state index is 6.27. The highest BCUT2D eigenvalue weighted by molar-refractivity contribution is 6.05. The Labute approximate surface area is 201 Å². The minimum absolute atomic E-state index is 0.0774. The molecule has 2 aromatic carbocycles. The van der Waals surface area contributed by atoms with Crippen LogP contribution in [-0.2, 0) is 5.41 Å². The monoisotopic (exact) mass is 451 g/mol. The van der Waals surface area contributed by atoms with E-state index in [0.29, 0.717) is 6.04 Å². The number of pyridine rings is 1. The average molecular weight is 452 g/mol. The van der Waals surface area contributed by atoms with Gasteiger partial charge in [-0.25, -0.2) is 4.98 Å². The van der Waals surface area contributed by atoms with Crippen molar-refractivity contribution in [1.29, 1.82) is 0 Å². The first-order chi connectivity index (χ1) is 16.4. The van der Waals surface area contributed by atoms with Gasteiger partial charge in [-0.15, -0.1) is 6.58 Å². The number of para-hydroxylation sites is 2. The Morgan fingerprint density at radius 3 is 2.47 bits per heavy atom. The Morgan fingerprint density at radius 1 is 1.03 bits per heavy atom. The number of fused-ring (bicyclic) bond motifs is 8. The third-order valence-electron chi connectivity index (χ3n) is 8.75. The highest BCUT2D eigenvalue weighted by atomic mass is 16.3. The zero-order valence-corrected chi connectivity index (χ0v) is 20.8. The van der Waals surface area contributed by atoms with Crippen LogP contribution in [0.3, 0.4) is 0 Å². The van der Waals surface area contributed by atoms with E-state index in [2.05, 4.69) is 99.5 Å². The Kier molecular flexibility index (Phi) is 4.45. The Hall–Kier alpha value is -3.27. The lowest BCUT2D eigenvalue weighted by molar-refractivity contribution is 0.112. The summed E-state index contributed by atoms with van der Waals surface area (Å²) in [6, 6.07) is 19.6. The second-order valence-electron chi connectivity index (χ2n) is 10.3. The molecule has 34 heavy (non-hydrogen) atoms.